The van der Waals surface area contributed by atoms with E-state index in [1.807, 2.05) is 22.8 Å². The van der Waals surface area contributed by atoms with Crippen molar-refractivity contribution in [2.45, 2.75) is 26.3 Å². The number of aromatic nitrogens is 4. The van der Waals surface area contributed by atoms with E-state index in [9.17, 15) is 0 Å². The van der Waals surface area contributed by atoms with E-state index >= 15 is 0 Å². The number of nitrogens with zero attached hydrogens (tertiary/aromatic N) is 4. The first kappa shape index (κ1) is 13.4. The molecule has 3 rings (SSSR count). The van der Waals surface area contributed by atoms with Crippen LogP contribution >= 0.6 is 0 Å². The molecule has 0 aliphatic carbocycles. The van der Waals surface area contributed by atoms with E-state index in [4.69, 9.17) is 11.5 Å². The largest absolute Gasteiger partial charge is 0.382 e. The maximum Gasteiger partial charge on any atom is 0.224 e. The molecule has 0 saturated heterocycles. The zero-order valence-corrected chi connectivity index (χ0v) is 12.0. The molecule has 0 unspecified atom stereocenters. The van der Waals surface area contributed by atoms with E-state index in [0.717, 1.165) is 25.2 Å². The third-order valence-electron chi connectivity index (χ3n) is 3.51. The molecule has 0 aliphatic heterocycles. The van der Waals surface area contributed by atoms with Crippen LogP contribution in [0.3, 0.4) is 0 Å². The van der Waals surface area contributed by atoms with Crippen molar-refractivity contribution in [3.63, 3.8) is 0 Å². The molecular weight excluding hydrogens is 264 g/mol. The maximum absolute atomic E-state index is 5.89. The van der Waals surface area contributed by atoms with Crippen LogP contribution in [0.4, 0.5) is 11.8 Å². The summed E-state index contributed by atoms with van der Waals surface area (Å²) >= 11 is 0. The van der Waals surface area contributed by atoms with Gasteiger partial charge in [-0.3, -0.25) is 0 Å². The van der Waals surface area contributed by atoms with Crippen LogP contribution in [0.5, 0.6) is 0 Å². The third-order valence-corrected chi connectivity index (χ3v) is 3.51. The number of anilines is 2. The molecule has 0 atom stereocenters. The van der Waals surface area contributed by atoms with Crippen LogP contribution in [0.25, 0.3) is 11.2 Å². The summed E-state index contributed by atoms with van der Waals surface area (Å²) in [6.07, 6.45) is 1.75. The molecule has 0 radical (unpaired) electrons. The molecular formula is C15H18N6. The molecule has 108 valence electrons. The number of benzene rings is 1. The van der Waals surface area contributed by atoms with Crippen molar-refractivity contribution in [1.29, 1.82) is 0 Å². The molecule has 0 aliphatic rings. The van der Waals surface area contributed by atoms with E-state index in [-0.39, 0.29) is 5.95 Å². The number of imidazole rings is 1. The highest BCUT2D eigenvalue weighted by Gasteiger charge is 2.14. The fourth-order valence-corrected chi connectivity index (χ4v) is 2.51. The highest BCUT2D eigenvalue weighted by atomic mass is 15.2. The first-order chi connectivity index (χ1) is 10.2. The van der Waals surface area contributed by atoms with E-state index in [1.54, 1.807) is 0 Å². The highest BCUT2D eigenvalue weighted by Crippen LogP contribution is 2.20. The van der Waals surface area contributed by atoms with Gasteiger partial charge < -0.3 is 16.0 Å². The summed E-state index contributed by atoms with van der Waals surface area (Å²) in [6, 6.07) is 10.3. The van der Waals surface area contributed by atoms with E-state index < -0.39 is 0 Å². The van der Waals surface area contributed by atoms with Crippen LogP contribution in [-0.4, -0.2) is 19.5 Å². The smallest absolute Gasteiger partial charge is 0.224 e. The van der Waals surface area contributed by atoms with Gasteiger partial charge in [0.2, 0.25) is 5.95 Å². The van der Waals surface area contributed by atoms with Crippen molar-refractivity contribution >= 4 is 22.9 Å². The first-order valence-corrected chi connectivity index (χ1v) is 7.01. The topological polar surface area (TPSA) is 95.6 Å². The Bertz CT molecular complexity index is 763. The number of nitrogens with two attached hydrogens (primary N) is 2. The van der Waals surface area contributed by atoms with Crippen molar-refractivity contribution in [3.8, 4) is 0 Å². The normalized spacial score (nSPS) is 11.1. The molecule has 0 spiro atoms. The van der Waals surface area contributed by atoms with E-state index in [2.05, 4.69) is 34.0 Å². The standard InChI is InChI=1S/C15H18N6/c1-2-21-11(9-8-10-6-4-3-5-7-10)18-12-13(16)19-15(17)20-14(12)21/h3-7H,2,8-9H2,1H3,(H4,16,17,19,20). The number of hydrogen-bond acceptors (Lipinski definition) is 5. The van der Waals surface area contributed by atoms with Crippen molar-refractivity contribution in [3.05, 3.63) is 41.7 Å². The summed E-state index contributed by atoms with van der Waals surface area (Å²) in [5, 5.41) is 0. The Morgan fingerprint density at radius 1 is 1.00 bits per heavy atom. The molecule has 6 nitrogen and oxygen atoms in total. The van der Waals surface area contributed by atoms with Gasteiger partial charge in [-0.2, -0.15) is 9.97 Å². The van der Waals surface area contributed by atoms with Crippen molar-refractivity contribution < 1.29 is 0 Å². The minimum Gasteiger partial charge on any atom is -0.382 e. The van der Waals surface area contributed by atoms with Gasteiger partial charge in [0.1, 0.15) is 5.82 Å². The lowest BCUT2D eigenvalue weighted by atomic mass is 10.1. The number of nitrogen functional groups attached to an aromatic ring is 2. The van der Waals surface area contributed by atoms with Gasteiger partial charge in [0, 0.05) is 13.0 Å². The lowest BCUT2D eigenvalue weighted by molar-refractivity contribution is 0.702. The number of fused-ring (bicyclic) bond motifs is 1. The second-order valence-electron chi connectivity index (χ2n) is 4.90. The van der Waals surface area contributed by atoms with Crippen molar-refractivity contribution in [1.82, 2.24) is 19.5 Å². The Morgan fingerprint density at radius 2 is 1.76 bits per heavy atom. The number of hydrogen-bond donors (Lipinski definition) is 2. The maximum atomic E-state index is 5.89. The molecule has 2 heterocycles. The second-order valence-corrected chi connectivity index (χ2v) is 4.90. The average Bonchev–Trinajstić information content (AvgIpc) is 2.84. The number of aryl methyl sites for hydroxylation is 3. The molecule has 0 amide bonds. The molecule has 21 heavy (non-hydrogen) atoms. The van der Waals surface area contributed by atoms with Gasteiger partial charge in [-0.05, 0) is 18.9 Å². The molecule has 2 aromatic heterocycles. The summed E-state index contributed by atoms with van der Waals surface area (Å²) in [5.74, 6) is 1.48. The van der Waals surface area contributed by atoms with E-state index in [0.29, 0.717) is 17.0 Å². The van der Waals surface area contributed by atoms with Crippen LogP contribution in [0, 0.1) is 0 Å². The predicted molar refractivity (Wildman–Crippen MR) is 83.7 cm³/mol. The van der Waals surface area contributed by atoms with Gasteiger partial charge in [-0.1, -0.05) is 30.3 Å². The summed E-state index contributed by atoms with van der Waals surface area (Å²) in [4.78, 5) is 12.8. The Morgan fingerprint density at radius 3 is 2.48 bits per heavy atom. The number of rotatable bonds is 4. The third kappa shape index (κ3) is 2.52. The van der Waals surface area contributed by atoms with Gasteiger partial charge in [-0.25, -0.2) is 4.98 Å². The fourth-order valence-electron chi connectivity index (χ4n) is 2.51. The van der Waals surface area contributed by atoms with Gasteiger partial charge in [0.25, 0.3) is 0 Å². The summed E-state index contributed by atoms with van der Waals surface area (Å²) in [5.41, 5.74) is 14.2. The van der Waals surface area contributed by atoms with E-state index in [1.165, 1.54) is 5.56 Å². The molecule has 0 bridgehead atoms. The van der Waals surface area contributed by atoms with Crippen LogP contribution in [0.2, 0.25) is 0 Å². The lowest BCUT2D eigenvalue weighted by Crippen LogP contribution is -2.05. The van der Waals surface area contributed by atoms with Gasteiger partial charge in [0.15, 0.2) is 17.0 Å². The molecule has 1 aromatic carbocycles. The average molecular weight is 282 g/mol. The van der Waals surface area contributed by atoms with Gasteiger partial charge >= 0.3 is 0 Å². The summed E-state index contributed by atoms with van der Waals surface area (Å²) < 4.78 is 2.05. The SMILES string of the molecule is CCn1c(CCc2ccccc2)nc2c(N)nc(N)nc21. The van der Waals surface area contributed by atoms with Crippen LogP contribution in [-0.2, 0) is 19.4 Å². The van der Waals surface area contributed by atoms with Gasteiger partial charge in [-0.15, -0.1) is 0 Å². The molecule has 0 saturated carbocycles. The van der Waals surface area contributed by atoms with Crippen LogP contribution in [0.1, 0.15) is 18.3 Å². The minimum atomic E-state index is 0.184. The van der Waals surface area contributed by atoms with Crippen LogP contribution in [0.15, 0.2) is 30.3 Å². The summed E-state index contributed by atoms with van der Waals surface area (Å²) in [7, 11) is 0. The quantitative estimate of drug-likeness (QED) is 0.760. The van der Waals surface area contributed by atoms with Crippen LogP contribution < -0.4 is 11.5 Å². The highest BCUT2D eigenvalue weighted by molar-refractivity contribution is 5.83. The first-order valence-electron chi connectivity index (χ1n) is 7.01. The molecule has 0 fully saturated rings. The second kappa shape index (κ2) is 5.40. The Kier molecular flexibility index (Phi) is 3.43. The fraction of sp³-hybridized carbons (Fsp3) is 0.267. The molecule has 6 heteroatoms. The monoisotopic (exact) mass is 282 g/mol. The van der Waals surface area contributed by atoms with Gasteiger partial charge in [0.05, 0.1) is 0 Å². The Labute approximate surface area is 122 Å². The summed E-state index contributed by atoms with van der Waals surface area (Å²) in [6.45, 7) is 2.83. The lowest BCUT2D eigenvalue weighted by Gasteiger charge is -2.05. The zero-order chi connectivity index (χ0) is 14.8. The zero-order valence-electron chi connectivity index (χ0n) is 12.0. The molecule has 4 N–H and O–H groups in total. The Balaban J connectivity index is 1.97. The molecule has 3 aromatic rings. The van der Waals surface area contributed by atoms with Crippen molar-refractivity contribution in [2.24, 2.45) is 0 Å². The Hall–Kier alpha value is -2.63. The van der Waals surface area contributed by atoms with Crippen molar-refractivity contribution in [2.75, 3.05) is 11.5 Å². The predicted octanol–water partition coefficient (Wildman–Crippen LogP) is 1.80. The minimum absolute atomic E-state index is 0.184.